The molecule has 34 heavy (non-hydrogen) atoms. The number of rotatable bonds is 7. The first-order chi connectivity index (χ1) is 15.7. The Bertz CT molecular complexity index is 1120. The Morgan fingerprint density at radius 2 is 1.91 bits per heavy atom. The molecule has 1 unspecified atom stereocenters. The van der Waals surface area contributed by atoms with Crippen molar-refractivity contribution in [3.63, 3.8) is 0 Å². The average molecular weight is 555 g/mol. The van der Waals surface area contributed by atoms with E-state index in [4.69, 9.17) is 14.1 Å². The molecular formula is C24H36BrN3O5Si. The van der Waals surface area contributed by atoms with E-state index < -0.39 is 19.7 Å². The number of ether oxygens (including phenoxy) is 1. The summed E-state index contributed by atoms with van der Waals surface area (Å²) >= 11 is 3.56. The van der Waals surface area contributed by atoms with Crippen LogP contribution in [0.1, 0.15) is 51.0 Å². The van der Waals surface area contributed by atoms with Crippen molar-refractivity contribution in [2.24, 2.45) is 5.92 Å². The van der Waals surface area contributed by atoms with Gasteiger partial charge in [-0.2, -0.15) is 0 Å². The van der Waals surface area contributed by atoms with Crippen LogP contribution in [0.4, 0.5) is 5.82 Å². The van der Waals surface area contributed by atoms with Crippen molar-refractivity contribution in [2.75, 3.05) is 37.8 Å². The van der Waals surface area contributed by atoms with Crippen molar-refractivity contribution >= 4 is 47.1 Å². The second kappa shape index (κ2) is 10.1. The van der Waals surface area contributed by atoms with Crippen molar-refractivity contribution in [3.05, 3.63) is 32.5 Å². The standard InChI is InChI=1S/C24H36BrN3O5Si/c1-15(2)19(14-33-34(6,7)24(3,4)5)28-13-17(23(30)31)20(29)16-12-18(25)22(26-21(16)28)27-8-10-32-11-9-27/h12-13,15,19H,8-11,14H2,1-7H3,(H,30,31). The Hall–Kier alpha value is -1.75. The van der Waals surface area contributed by atoms with Crippen LogP contribution in [-0.4, -0.2) is 61.9 Å². The summed E-state index contributed by atoms with van der Waals surface area (Å²) in [7, 11) is -2.05. The van der Waals surface area contributed by atoms with E-state index in [1.165, 1.54) is 6.20 Å². The lowest BCUT2D eigenvalue weighted by Crippen LogP contribution is -2.42. The van der Waals surface area contributed by atoms with Crippen LogP contribution in [0.5, 0.6) is 0 Å². The number of nitrogens with zero attached hydrogens (tertiary/aromatic N) is 3. The summed E-state index contributed by atoms with van der Waals surface area (Å²) in [6.45, 7) is 18.1. The van der Waals surface area contributed by atoms with Crippen LogP contribution in [0.15, 0.2) is 21.5 Å². The first-order valence-corrected chi connectivity index (χ1v) is 15.4. The van der Waals surface area contributed by atoms with Crippen molar-refractivity contribution in [3.8, 4) is 0 Å². The van der Waals surface area contributed by atoms with Crippen LogP contribution in [0, 0.1) is 5.92 Å². The molecule has 188 valence electrons. The quantitative estimate of drug-likeness (QED) is 0.486. The van der Waals surface area contributed by atoms with Crippen LogP contribution >= 0.6 is 15.9 Å². The van der Waals surface area contributed by atoms with E-state index in [1.54, 1.807) is 6.07 Å². The molecule has 1 aliphatic heterocycles. The van der Waals surface area contributed by atoms with Crippen LogP contribution in [0.25, 0.3) is 11.0 Å². The first kappa shape index (κ1) is 26.8. The van der Waals surface area contributed by atoms with Gasteiger partial charge < -0.3 is 23.7 Å². The normalized spacial score (nSPS) is 16.3. The second-order valence-electron chi connectivity index (χ2n) is 10.7. The maximum Gasteiger partial charge on any atom is 0.341 e. The Balaban J connectivity index is 2.20. The van der Waals surface area contributed by atoms with Gasteiger partial charge in [-0.3, -0.25) is 4.79 Å². The third kappa shape index (κ3) is 5.40. The third-order valence-corrected chi connectivity index (χ3v) is 12.1. The number of aromatic carboxylic acids is 1. The lowest BCUT2D eigenvalue weighted by Gasteiger charge is -2.38. The first-order valence-electron chi connectivity index (χ1n) is 11.7. The number of hydrogen-bond acceptors (Lipinski definition) is 6. The van der Waals surface area contributed by atoms with Gasteiger partial charge in [0.15, 0.2) is 8.32 Å². The monoisotopic (exact) mass is 553 g/mol. The van der Waals surface area contributed by atoms with E-state index >= 15 is 0 Å². The van der Waals surface area contributed by atoms with Gasteiger partial charge in [0.1, 0.15) is 17.0 Å². The summed E-state index contributed by atoms with van der Waals surface area (Å²) in [5, 5.41) is 10.1. The van der Waals surface area contributed by atoms with Gasteiger partial charge in [-0.1, -0.05) is 34.6 Å². The summed E-state index contributed by atoms with van der Waals surface area (Å²) in [6.07, 6.45) is 1.44. The maximum absolute atomic E-state index is 13.1. The molecule has 3 heterocycles. The number of aromatic nitrogens is 2. The van der Waals surface area contributed by atoms with Crippen molar-refractivity contribution < 1.29 is 19.1 Å². The molecule has 10 heteroatoms. The Morgan fingerprint density at radius 1 is 1.29 bits per heavy atom. The largest absolute Gasteiger partial charge is 0.477 e. The SMILES string of the molecule is CC(C)C(CO[Si](C)(C)C(C)(C)C)n1cc(C(=O)O)c(=O)c2cc(Br)c(N3CCOCC3)nc21. The average Bonchev–Trinajstić information content (AvgIpc) is 2.74. The molecule has 0 amide bonds. The molecule has 3 rings (SSSR count). The summed E-state index contributed by atoms with van der Waals surface area (Å²) in [5.74, 6) is -0.406. The number of anilines is 1. The van der Waals surface area contributed by atoms with Gasteiger partial charge >= 0.3 is 5.97 Å². The highest BCUT2D eigenvalue weighted by molar-refractivity contribution is 9.10. The van der Waals surface area contributed by atoms with Crippen molar-refractivity contribution in [2.45, 2.75) is 58.8 Å². The van der Waals surface area contributed by atoms with E-state index in [-0.39, 0.29) is 27.9 Å². The topological polar surface area (TPSA) is 93.9 Å². The Kier molecular flexibility index (Phi) is 7.96. The zero-order valence-corrected chi connectivity index (χ0v) is 23.7. The van der Waals surface area contributed by atoms with Gasteiger partial charge in [0.05, 0.1) is 35.7 Å². The third-order valence-electron chi connectivity index (χ3n) is 7.03. The number of halogens is 1. The Labute approximate surface area is 210 Å². The molecule has 1 atom stereocenters. The van der Waals surface area contributed by atoms with Crippen molar-refractivity contribution in [1.82, 2.24) is 9.55 Å². The molecule has 8 nitrogen and oxygen atoms in total. The molecule has 1 fully saturated rings. The minimum atomic E-state index is -2.05. The van der Waals surface area contributed by atoms with E-state index in [0.29, 0.717) is 43.0 Å². The predicted molar refractivity (Wildman–Crippen MR) is 141 cm³/mol. The fourth-order valence-corrected chi connectivity index (χ4v) is 5.33. The number of morpholine rings is 1. The van der Waals surface area contributed by atoms with Gasteiger partial charge in [0.25, 0.3) is 0 Å². The highest BCUT2D eigenvalue weighted by atomic mass is 79.9. The fourth-order valence-electron chi connectivity index (χ4n) is 3.74. The molecule has 0 aromatic carbocycles. The minimum Gasteiger partial charge on any atom is -0.477 e. The maximum atomic E-state index is 13.1. The van der Waals surface area contributed by atoms with Crippen LogP contribution in [-0.2, 0) is 9.16 Å². The number of carboxylic acid groups (broad SMARTS) is 1. The van der Waals surface area contributed by atoms with Crippen LogP contribution in [0.3, 0.4) is 0 Å². The van der Waals surface area contributed by atoms with E-state index in [9.17, 15) is 14.7 Å². The van der Waals surface area contributed by atoms with Gasteiger partial charge in [-0.05, 0) is 46.0 Å². The summed E-state index contributed by atoms with van der Waals surface area (Å²) in [6, 6.07) is 1.51. The smallest absolute Gasteiger partial charge is 0.341 e. The van der Waals surface area contributed by atoms with E-state index in [2.05, 4.69) is 68.5 Å². The molecule has 2 aromatic rings. The molecule has 1 N–H and O–H groups in total. The number of carboxylic acids is 1. The molecular weight excluding hydrogens is 518 g/mol. The molecule has 0 aliphatic carbocycles. The zero-order valence-electron chi connectivity index (χ0n) is 21.1. The molecule has 0 spiro atoms. The fraction of sp³-hybridized carbons (Fsp3) is 0.625. The number of pyridine rings is 2. The lowest BCUT2D eigenvalue weighted by atomic mass is 10.0. The molecule has 0 saturated carbocycles. The molecule has 0 radical (unpaired) electrons. The van der Waals surface area contributed by atoms with Gasteiger partial charge in [0, 0.05) is 19.3 Å². The second-order valence-corrected chi connectivity index (χ2v) is 16.4. The molecule has 2 aromatic heterocycles. The number of fused-ring (bicyclic) bond motifs is 1. The highest BCUT2D eigenvalue weighted by Crippen LogP contribution is 2.38. The Morgan fingerprint density at radius 3 is 2.44 bits per heavy atom. The molecule has 1 aliphatic rings. The van der Waals surface area contributed by atoms with Gasteiger partial charge in [0.2, 0.25) is 5.43 Å². The summed E-state index contributed by atoms with van der Waals surface area (Å²) < 4.78 is 14.5. The van der Waals surface area contributed by atoms with E-state index in [0.717, 1.165) is 5.82 Å². The molecule has 1 saturated heterocycles. The summed E-state index contributed by atoms with van der Waals surface area (Å²) in [5.41, 5.74) is -0.330. The summed E-state index contributed by atoms with van der Waals surface area (Å²) in [4.78, 5) is 32.1. The van der Waals surface area contributed by atoms with Gasteiger partial charge in [-0.25, -0.2) is 9.78 Å². The highest BCUT2D eigenvalue weighted by Gasteiger charge is 2.38. The number of carbonyl (C=O) groups is 1. The van der Waals surface area contributed by atoms with Crippen LogP contribution in [0.2, 0.25) is 18.1 Å². The predicted octanol–water partition coefficient (Wildman–Crippen LogP) is 4.91. The minimum absolute atomic E-state index is 0.0407. The lowest BCUT2D eigenvalue weighted by molar-refractivity contribution is 0.0694. The number of hydrogen-bond donors (Lipinski definition) is 1. The van der Waals surface area contributed by atoms with Crippen molar-refractivity contribution in [1.29, 1.82) is 0 Å². The van der Waals surface area contributed by atoms with Gasteiger partial charge in [-0.15, -0.1) is 0 Å². The van der Waals surface area contributed by atoms with E-state index in [1.807, 2.05) is 4.57 Å². The molecule has 0 bridgehead atoms. The van der Waals surface area contributed by atoms with Crippen LogP contribution < -0.4 is 10.3 Å². The zero-order chi connectivity index (χ0) is 25.4.